The van der Waals surface area contributed by atoms with E-state index in [0.717, 1.165) is 5.69 Å². The third kappa shape index (κ3) is 2.44. The van der Waals surface area contributed by atoms with Gasteiger partial charge in [0.05, 0.1) is 10.3 Å². The molecule has 6 nitrogen and oxygen atoms in total. The van der Waals surface area contributed by atoms with Crippen molar-refractivity contribution in [1.82, 2.24) is 14.4 Å². The van der Waals surface area contributed by atoms with E-state index in [4.69, 9.17) is 0 Å². The van der Waals surface area contributed by atoms with Crippen LogP contribution in [-0.2, 0) is 0 Å². The first kappa shape index (κ1) is 14.5. The number of hydrogen-bond acceptors (Lipinski definition) is 5. The van der Waals surface area contributed by atoms with Gasteiger partial charge in [0.2, 0.25) is 0 Å². The van der Waals surface area contributed by atoms with Crippen LogP contribution >= 0.6 is 11.3 Å². The molecule has 0 spiro atoms. The summed E-state index contributed by atoms with van der Waals surface area (Å²) < 4.78 is 1.47. The smallest absolute Gasteiger partial charge is 0.266 e. The molecule has 0 radical (unpaired) electrons. The molecular weight excluding hydrogens is 324 g/mol. The lowest BCUT2D eigenvalue weighted by molar-refractivity contribution is 0.103. The molecule has 0 aliphatic carbocycles. The van der Waals surface area contributed by atoms with Crippen molar-refractivity contribution in [3.63, 3.8) is 0 Å². The average Bonchev–Trinajstić information content (AvgIpc) is 3.00. The van der Waals surface area contributed by atoms with Crippen LogP contribution in [0, 0.1) is 6.92 Å². The fourth-order valence-electron chi connectivity index (χ4n) is 2.45. The number of hydrogen-bond donors (Lipinski definition) is 1. The van der Waals surface area contributed by atoms with Gasteiger partial charge in [-0.3, -0.25) is 14.0 Å². The van der Waals surface area contributed by atoms with Crippen LogP contribution in [0.25, 0.3) is 15.9 Å². The Bertz CT molecular complexity index is 1150. The van der Waals surface area contributed by atoms with Gasteiger partial charge in [0.15, 0.2) is 0 Å². The van der Waals surface area contributed by atoms with Gasteiger partial charge in [-0.1, -0.05) is 12.1 Å². The minimum absolute atomic E-state index is 0.181. The van der Waals surface area contributed by atoms with Crippen LogP contribution in [0.3, 0.4) is 0 Å². The van der Waals surface area contributed by atoms with Crippen LogP contribution in [0.15, 0.2) is 53.5 Å². The number of carbonyl (C=O) groups is 1. The van der Waals surface area contributed by atoms with Crippen molar-refractivity contribution in [3.05, 3.63) is 69.6 Å². The Labute approximate surface area is 140 Å². The first-order chi connectivity index (χ1) is 11.6. The number of aryl methyl sites for hydroxylation is 1. The van der Waals surface area contributed by atoms with Gasteiger partial charge >= 0.3 is 0 Å². The van der Waals surface area contributed by atoms with Gasteiger partial charge in [-0.05, 0) is 37.3 Å². The van der Waals surface area contributed by atoms with Gasteiger partial charge in [-0.15, -0.1) is 11.3 Å². The zero-order valence-electron chi connectivity index (χ0n) is 12.7. The van der Waals surface area contributed by atoms with E-state index >= 15 is 0 Å². The van der Waals surface area contributed by atoms with E-state index in [1.54, 1.807) is 30.5 Å². The highest BCUT2D eigenvalue weighted by molar-refractivity contribution is 7.20. The second-order valence-electron chi connectivity index (χ2n) is 5.29. The van der Waals surface area contributed by atoms with Gasteiger partial charge in [-0.2, -0.15) is 0 Å². The number of nitrogens with zero attached hydrogens (tertiary/aromatic N) is 3. The van der Waals surface area contributed by atoms with Crippen LogP contribution in [-0.4, -0.2) is 20.3 Å². The third-order valence-electron chi connectivity index (χ3n) is 3.57. The van der Waals surface area contributed by atoms with Crippen molar-refractivity contribution in [3.8, 4) is 0 Å². The molecule has 0 unspecified atom stereocenters. The van der Waals surface area contributed by atoms with Crippen molar-refractivity contribution in [2.45, 2.75) is 6.92 Å². The van der Waals surface area contributed by atoms with Crippen molar-refractivity contribution in [2.24, 2.45) is 0 Å². The minimum Gasteiger partial charge on any atom is -0.306 e. The molecule has 0 saturated carbocycles. The maximum absolute atomic E-state index is 12.5. The minimum atomic E-state index is -0.301. The highest BCUT2D eigenvalue weighted by atomic mass is 32.1. The van der Waals surface area contributed by atoms with Crippen LogP contribution < -0.4 is 10.9 Å². The highest BCUT2D eigenvalue weighted by Crippen LogP contribution is 2.22. The molecule has 4 aromatic heterocycles. The lowest BCUT2D eigenvalue weighted by Crippen LogP contribution is -2.14. The summed E-state index contributed by atoms with van der Waals surface area (Å²) in [5.74, 6) is 0.178. The Hall–Kier alpha value is -3.06. The van der Waals surface area contributed by atoms with Crippen LogP contribution in [0.1, 0.15) is 15.4 Å². The van der Waals surface area contributed by atoms with E-state index in [-0.39, 0.29) is 11.5 Å². The summed E-state index contributed by atoms with van der Waals surface area (Å²) in [4.78, 5) is 34.6. The maximum atomic E-state index is 12.5. The first-order valence-electron chi connectivity index (χ1n) is 7.28. The van der Waals surface area contributed by atoms with E-state index in [0.29, 0.717) is 26.6 Å². The molecule has 1 amide bonds. The number of anilines is 1. The Morgan fingerprint density at radius 1 is 1.17 bits per heavy atom. The topological polar surface area (TPSA) is 76.4 Å². The van der Waals surface area contributed by atoms with Gasteiger partial charge in [0.25, 0.3) is 11.5 Å². The number of thiophene rings is 1. The normalized spacial score (nSPS) is 11.0. The summed E-state index contributed by atoms with van der Waals surface area (Å²) in [6.45, 7) is 1.85. The highest BCUT2D eigenvalue weighted by Gasteiger charge is 2.15. The number of nitrogens with one attached hydrogen (secondary N) is 1. The number of amides is 1. The van der Waals surface area contributed by atoms with E-state index in [1.165, 1.54) is 15.7 Å². The van der Waals surface area contributed by atoms with Crippen molar-refractivity contribution in [2.75, 3.05) is 5.32 Å². The molecule has 0 atom stereocenters. The number of pyridine rings is 2. The molecular formula is C17H12N4O2S. The summed E-state index contributed by atoms with van der Waals surface area (Å²) in [6, 6.07) is 12.3. The molecule has 0 aliphatic rings. The molecule has 7 heteroatoms. The van der Waals surface area contributed by atoms with Crippen molar-refractivity contribution >= 4 is 38.9 Å². The second kappa shape index (κ2) is 5.54. The maximum Gasteiger partial charge on any atom is 0.266 e. The van der Waals surface area contributed by atoms with Gasteiger partial charge in [0, 0.05) is 11.9 Å². The van der Waals surface area contributed by atoms with Crippen molar-refractivity contribution in [1.29, 1.82) is 0 Å². The predicted molar refractivity (Wildman–Crippen MR) is 93.8 cm³/mol. The fraction of sp³-hybridized carbons (Fsp3) is 0.0588. The Morgan fingerprint density at radius 2 is 2.04 bits per heavy atom. The lowest BCUT2D eigenvalue weighted by atomic mass is 10.3. The van der Waals surface area contributed by atoms with Gasteiger partial charge < -0.3 is 5.32 Å². The molecule has 4 rings (SSSR count). The van der Waals surface area contributed by atoms with E-state index in [2.05, 4.69) is 15.3 Å². The Morgan fingerprint density at radius 3 is 2.88 bits per heavy atom. The first-order valence-corrected chi connectivity index (χ1v) is 8.09. The van der Waals surface area contributed by atoms with E-state index in [9.17, 15) is 9.59 Å². The molecule has 0 aromatic carbocycles. The van der Waals surface area contributed by atoms with Gasteiger partial charge in [0.1, 0.15) is 16.3 Å². The number of aromatic nitrogens is 3. The van der Waals surface area contributed by atoms with E-state index in [1.807, 2.05) is 25.1 Å². The molecule has 0 bridgehead atoms. The predicted octanol–water partition coefficient (Wildman–Crippen LogP) is 2.86. The standard InChI is InChI=1S/C17H12N4O2S/c1-10-5-4-6-13(18-10)19-15(22)12-9-11-16(24-12)20-14-7-2-3-8-21(14)17(11)23/h2-9H,1H3,(H,18,19,22). The number of carbonyl (C=O) groups excluding carboxylic acids is 1. The Kier molecular flexibility index (Phi) is 3.35. The van der Waals surface area contributed by atoms with E-state index < -0.39 is 0 Å². The summed E-state index contributed by atoms with van der Waals surface area (Å²) in [7, 11) is 0. The number of fused-ring (bicyclic) bond motifs is 2. The molecule has 4 aromatic rings. The molecule has 0 aliphatic heterocycles. The quantitative estimate of drug-likeness (QED) is 0.611. The zero-order chi connectivity index (χ0) is 16.7. The molecule has 24 heavy (non-hydrogen) atoms. The monoisotopic (exact) mass is 336 g/mol. The van der Waals surface area contributed by atoms with Gasteiger partial charge in [-0.25, -0.2) is 9.97 Å². The largest absolute Gasteiger partial charge is 0.306 e. The van der Waals surface area contributed by atoms with Crippen LogP contribution in [0.4, 0.5) is 5.82 Å². The third-order valence-corrected chi connectivity index (χ3v) is 4.60. The SMILES string of the molecule is Cc1cccc(NC(=O)c2cc3c(=O)n4ccccc4nc3s2)n1. The molecule has 1 N–H and O–H groups in total. The fourth-order valence-corrected chi connectivity index (χ4v) is 3.38. The second-order valence-corrected chi connectivity index (χ2v) is 6.32. The summed E-state index contributed by atoms with van der Waals surface area (Å²) in [5, 5.41) is 3.18. The lowest BCUT2D eigenvalue weighted by Gasteiger charge is -2.02. The molecule has 118 valence electrons. The Balaban J connectivity index is 1.77. The summed E-state index contributed by atoms with van der Waals surface area (Å²) in [5.41, 5.74) is 1.19. The summed E-state index contributed by atoms with van der Waals surface area (Å²) in [6.07, 6.45) is 1.66. The summed E-state index contributed by atoms with van der Waals surface area (Å²) >= 11 is 1.19. The average molecular weight is 336 g/mol. The van der Waals surface area contributed by atoms with Crippen LogP contribution in [0.2, 0.25) is 0 Å². The van der Waals surface area contributed by atoms with Crippen molar-refractivity contribution < 1.29 is 4.79 Å². The molecule has 0 saturated heterocycles. The number of rotatable bonds is 2. The zero-order valence-corrected chi connectivity index (χ0v) is 13.5. The molecule has 4 heterocycles. The van der Waals surface area contributed by atoms with Crippen LogP contribution in [0.5, 0.6) is 0 Å². The molecule has 0 fully saturated rings.